The number of carbonyl (C=O) groups is 1. The lowest BCUT2D eigenvalue weighted by Crippen LogP contribution is -1.96. The Morgan fingerprint density at radius 3 is 3.13 bits per heavy atom. The molecular formula is C9H6FNO2S2. The molecule has 1 aromatic heterocycles. The van der Waals surface area contributed by atoms with Crippen LogP contribution in [0.15, 0.2) is 22.5 Å². The zero-order chi connectivity index (χ0) is 10.8. The van der Waals surface area contributed by atoms with Crippen LogP contribution in [0.5, 0.6) is 0 Å². The van der Waals surface area contributed by atoms with E-state index in [1.807, 2.05) is 0 Å². The molecule has 15 heavy (non-hydrogen) atoms. The van der Waals surface area contributed by atoms with Gasteiger partial charge in [-0.1, -0.05) is 11.8 Å². The average Bonchev–Trinajstić information content (AvgIpc) is 2.56. The van der Waals surface area contributed by atoms with Gasteiger partial charge in [0, 0.05) is 6.07 Å². The Kier molecular flexibility index (Phi) is 2.88. The molecule has 0 unspecified atom stereocenters. The number of hydrogen-bond acceptors (Lipinski definition) is 4. The number of aliphatic carboxylic acids is 1. The van der Waals surface area contributed by atoms with E-state index in [0.717, 1.165) is 16.5 Å². The van der Waals surface area contributed by atoms with Crippen LogP contribution in [0.2, 0.25) is 0 Å². The van der Waals surface area contributed by atoms with E-state index < -0.39 is 5.97 Å². The monoisotopic (exact) mass is 243 g/mol. The lowest BCUT2D eigenvalue weighted by molar-refractivity contribution is -0.133. The van der Waals surface area contributed by atoms with Crippen molar-refractivity contribution in [3.8, 4) is 0 Å². The molecule has 0 aliphatic carbocycles. The van der Waals surface area contributed by atoms with Crippen LogP contribution in [0, 0.1) is 5.82 Å². The molecule has 6 heteroatoms. The number of halogens is 1. The summed E-state index contributed by atoms with van der Waals surface area (Å²) in [5.41, 5.74) is 0.577. The molecule has 0 fully saturated rings. The number of hydrogen-bond donors (Lipinski definition) is 1. The van der Waals surface area contributed by atoms with Gasteiger partial charge >= 0.3 is 5.97 Å². The van der Waals surface area contributed by atoms with E-state index in [4.69, 9.17) is 5.11 Å². The number of aromatic nitrogens is 1. The fourth-order valence-electron chi connectivity index (χ4n) is 1.06. The van der Waals surface area contributed by atoms with Crippen LogP contribution in [0.25, 0.3) is 10.2 Å². The van der Waals surface area contributed by atoms with E-state index in [0.29, 0.717) is 9.86 Å². The van der Waals surface area contributed by atoms with Crippen molar-refractivity contribution in [1.29, 1.82) is 0 Å². The summed E-state index contributed by atoms with van der Waals surface area (Å²) in [6.45, 7) is 0. The maximum absolute atomic E-state index is 12.8. The molecule has 2 rings (SSSR count). The smallest absolute Gasteiger partial charge is 0.313 e. The molecule has 0 amide bonds. The first-order chi connectivity index (χ1) is 7.15. The van der Waals surface area contributed by atoms with Gasteiger partial charge in [0.25, 0.3) is 0 Å². The van der Waals surface area contributed by atoms with Gasteiger partial charge in [0.15, 0.2) is 4.34 Å². The number of nitrogens with zero attached hydrogens (tertiary/aromatic N) is 1. The van der Waals surface area contributed by atoms with Gasteiger partial charge in [0.05, 0.1) is 16.0 Å². The highest BCUT2D eigenvalue weighted by molar-refractivity contribution is 8.01. The molecule has 0 aliphatic rings. The average molecular weight is 243 g/mol. The van der Waals surface area contributed by atoms with Crippen molar-refractivity contribution in [3.05, 3.63) is 24.0 Å². The molecule has 0 saturated heterocycles. The predicted octanol–water partition coefficient (Wildman–Crippen LogP) is 2.61. The molecule has 1 heterocycles. The predicted molar refractivity (Wildman–Crippen MR) is 57.9 cm³/mol. The maximum Gasteiger partial charge on any atom is 0.313 e. The Morgan fingerprint density at radius 2 is 2.40 bits per heavy atom. The molecule has 0 atom stereocenters. The van der Waals surface area contributed by atoms with Gasteiger partial charge in [0.2, 0.25) is 0 Å². The van der Waals surface area contributed by atoms with Crippen molar-refractivity contribution in [2.24, 2.45) is 0 Å². The van der Waals surface area contributed by atoms with E-state index in [9.17, 15) is 9.18 Å². The zero-order valence-corrected chi connectivity index (χ0v) is 9.07. The largest absolute Gasteiger partial charge is 0.481 e. The first-order valence-electron chi connectivity index (χ1n) is 4.06. The molecule has 3 nitrogen and oxygen atoms in total. The van der Waals surface area contributed by atoms with Crippen LogP contribution >= 0.6 is 23.1 Å². The molecule has 0 radical (unpaired) electrons. The summed E-state index contributed by atoms with van der Waals surface area (Å²) in [5.74, 6) is -1.24. The second-order valence-electron chi connectivity index (χ2n) is 2.77. The summed E-state index contributed by atoms with van der Waals surface area (Å²) in [6, 6.07) is 4.36. The van der Waals surface area contributed by atoms with Gasteiger partial charge in [-0.3, -0.25) is 4.79 Å². The van der Waals surface area contributed by atoms with Crippen molar-refractivity contribution in [1.82, 2.24) is 4.98 Å². The minimum absolute atomic E-state index is 0.0255. The summed E-state index contributed by atoms with van der Waals surface area (Å²) in [4.78, 5) is 14.5. The molecule has 1 aromatic carbocycles. The third kappa shape index (κ3) is 2.45. The third-order valence-corrected chi connectivity index (χ3v) is 3.81. The van der Waals surface area contributed by atoms with Gasteiger partial charge in [-0.05, 0) is 12.1 Å². The highest BCUT2D eigenvalue weighted by Crippen LogP contribution is 2.29. The van der Waals surface area contributed by atoms with Crippen LogP contribution in [0.3, 0.4) is 0 Å². The fourth-order valence-corrected chi connectivity index (χ4v) is 2.83. The van der Waals surface area contributed by atoms with E-state index in [-0.39, 0.29) is 11.6 Å². The molecule has 0 saturated carbocycles. The second-order valence-corrected chi connectivity index (χ2v) is 5.03. The second kappa shape index (κ2) is 4.16. The molecule has 2 aromatic rings. The lowest BCUT2D eigenvalue weighted by atomic mass is 10.3. The Balaban J connectivity index is 2.27. The van der Waals surface area contributed by atoms with Gasteiger partial charge in [-0.2, -0.15) is 0 Å². The molecular weight excluding hydrogens is 237 g/mol. The molecule has 0 aliphatic heterocycles. The number of carboxylic acid groups (broad SMARTS) is 1. The molecule has 0 spiro atoms. The van der Waals surface area contributed by atoms with Crippen molar-refractivity contribution in [3.63, 3.8) is 0 Å². The van der Waals surface area contributed by atoms with E-state index in [2.05, 4.69) is 4.98 Å². The number of thiazole rings is 1. The fraction of sp³-hybridized carbons (Fsp3) is 0.111. The third-order valence-electron chi connectivity index (χ3n) is 1.65. The standard InChI is InChI=1S/C9H6FNO2S2/c10-5-1-2-7-6(3-5)11-9(15-7)14-4-8(12)13/h1-3H,4H2,(H,12,13). The van der Waals surface area contributed by atoms with Crippen molar-refractivity contribution in [2.45, 2.75) is 4.34 Å². The number of fused-ring (bicyclic) bond motifs is 1. The summed E-state index contributed by atoms with van der Waals surface area (Å²) < 4.78 is 14.3. The quantitative estimate of drug-likeness (QED) is 0.842. The SMILES string of the molecule is O=C(O)CSc1nc2cc(F)ccc2s1. The summed E-state index contributed by atoms with van der Waals surface area (Å²) in [7, 11) is 0. The highest BCUT2D eigenvalue weighted by Gasteiger charge is 2.07. The van der Waals surface area contributed by atoms with E-state index in [1.54, 1.807) is 6.07 Å². The first kappa shape index (κ1) is 10.4. The first-order valence-corrected chi connectivity index (χ1v) is 5.86. The highest BCUT2D eigenvalue weighted by atomic mass is 32.2. The number of benzene rings is 1. The zero-order valence-electron chi connectivity index (χ0n) is 7.44. The number of carboxylic acids is 1. The van der Waals surface area contributed by atoms with Crippen LogP contribution < -0.4 is 0 Å². The van der Waals surface area contributed by atoms with Crippen LogP contribution in [-0.4, -0.2) is 21.8 Å². The summed E-state index contributed by atoms with van der Waals surface area (Å²) in [5, 5.41) is 8.49. The Bertz CT molecular complexity index is 512. The maximum atomic E-state index is 12.8. The molecule has 78 valence electrons. The molecule has 1 N–H and O–H groups in total. The topological polar surface area (TPSA) is 50.2 Å². The van der Waals surface area contributed by atoms with Gasteiger partial charge in [-0.25, -0.2) is 9.37 Å². The Morgan fingerprint density at radius 1 is 1.60 bits per heavy atom. The van der Waals surface area contributed by atoms with E-state index >= 15 is 0 Å². The van der Waals surface area contributed by atoms with Crippen molar-refractivity contribution in [2.75, 3.05) is 5.75 Å². The van der Waals surface area contributed by atoms with Gasteiger partial charge in [-0.15, -0.1) is 11.3 Å². The molecule has 0 bridgehead atoms. The van der Waals surface area contributed by atoms with Gasteiger partial charge < -0.3 is 5.11 Å². The van der Waals surface area contributed by atoms with Crippen LogP contribution in [0.4, 0.5) is 4.39 Å². The van der Waals surface area contributed by atoms with Crippen LogP contribution in [0.1, 0.15) is 0 Å². The minimum atomic E-state index is -0.884. The Labute approximate surface area is 92.9 Å². The number of rotatable bonds is 3. The lowest BCUT2D eigenvalue weighted by Gasteiger charge is -1.88. The number of thioether (sulfide) groups is 1. The normalized spacial score (nSPS) is 10.7. The van der Waals surface area contributed by atoms with Crippen molar-refractivity contribution >= 4 is 39.3 Å². The minimum Gasteiger partial charge on any atom is -0.481 e. The van der Waals surface area contributed by atoms with Crippen molar-refractivity contribution < 1.29 is 14.3 Å². The Hall–Kier alpha value is -1.14. The van der Waals surface area contributed by atoms with E-state index in [1.165, 1.54) is 23.5 Å². The summed E-state index contributed by atoms with van der Waals surface area (Å²) >= 11 is 2.52. The van der Waals surface area contributed by atoms with Crippen LogP contribution in [-0.2, 0) is 4.79 Å². The summed E-state index contributed by atoms with van der Waals surface area (Å²) in [6.07, 6.45) is 0. The van der Waals surface area contributed by atoms with Gasteiger partial charge in [0.1, 0.15) is 5.82 Å².